The van der Waals surface area contributed by atoms with Crippen LogP contribution in [0.2, 0.25) is 0 Å². The summed E-state index contributed by atoms with van der Waals surface area (Å²) in [6.07, 6.45) is 0. The highest BCUT2D eigenvalue weighted by Crippen LogP contribution is 2.49. The molecule has 5 nitrogen and oxygen atoms in total. The van der Waals surface area contributed by atoms with E-state index in [9.17, 15) is 0 Å². The molecule has 1 aliphatic carbocycles. The highest BCUT2D eigenvalue weighted by atomic mass is 15.2. The second-order valence-corrected chi connectivity index (χ2v) is 14.5. The number of rotatable bonds is 4. The molecule has 11 rings (SSSR count). The monoisotopic (exact) mass is 679 g/mol. The summed E-state index contributed by atoms with van der Waals surface area (Å²) in [5.74, 6) is 1.86. The first-order chi connectivity index (χ1) is 26.1. The molecule has 0 spiro atoms. The Labute approximate surface area is 306 Å². The van der Waals surface area contributed by atoms with Crippen LogP contribution < -0.4 is 0 Å². The standard InChI is InChI=1S/C48H33N5/c1-48(2)39-22-12-9-19-33(39)34-26-25-31(29-40(34)48)46-49-45(30-15-5-3-6-16-30)50-47(51-46)53-42-24-14-11-21-36(42)38-28-27-37-35-20-10-13-23-41(35)52(43(37)44(38)53)32-17-7-4-8-18-32/h3-29H,1-2H3. The van der Waals surface area contributed by atoms with Gasteiger partial charge in [0.15, 0.2) is 11.6 Å². The summed E-state index contributed by atoms with van der Waals surface area (Å²) in [5, 5.41) is 4.68. The first-order valence-corrected chi connectivity index (χ1v) is 18.1. The van der Waals surface area contributed by atoms with Crippen molar-refractivity contribution in [2.75, 3.05) is 0 Å². The van der Waals surface area contributed by atoms with E-state index >= 15 is 0 Å². The van der Waals surface area contributed by atoms with Crippen LogP contribution in [0, 0.1) is 0 Å². The maximum atomic E-state index is 5.39. The van der Waals surface area contributed by atoms with Gasteiger partial charge in [-0.15, -0.1) is 0 Å². The summed E-state index contributed by atoms with van der Waals surface area (Å²) < 4.78 is 4.65. The summed E-state index contributed by atoms with van der Waals surface area (Å²) in [5.41, 5.74) is 12.4. The molecule has 7 aromatic carbocycles. The zero-order valence-electron chi connectivity index (χ0n) is 29.3. The van der Waals surface area contributed by atoms with Gasteiger partial charge in [0, 0.05) is 43.8 Å². The van der Waals surface area contributed by atoms with Crippen LogP contribution in [0.25, 0.3) is 89.2 Å². The van der Waals surface area contributed by atoms with Gasteiger partial charge in [0.25, 0.3) is 0 Å². The van der Waals surface area contributed by atoms with Crippen molar-refractivity contribution in [2.24, 2.45) is 0 Å². The Morgan fingerprint density at radius 1 is 0.415 bits per heavy atom. The zero-order chi connectivity index (χ0) is 35.3. The quantitative estimate of drug-likeness (QED) is 0.186. The average molecular weight is 680 g/mol. The molecule has 3 heterocycles. The molecule has 0 atom stereocenters. The van der Waals surface area contributed by atoms with Crippen molar-refractivity contribution >= 4 is 43.6 Å². The Morgan fingerprint density at radius 2 is 0.962 bits per heavy atom. The summed E-state index contributed by atoms with van der Waals surface area (Å²) >= 11 is 0. The third-order valence-electron chi connectivity index (χ3n) is 11.2. The van der Waals surface area contributed by atoms with Crippen molar-refractivity contribution in [1.82, 2.24) is 24.1 Å². The van der Waals surface area contributed by atoms with Gasteiger partial charge in [-0.1, -0.05) is 147 Å². The van der Waals surface area contributed by atoms with Gasteiger partial charge in [-0.25, -0.2) is 4.98 Å². The van der Waals surface area contributed by atoms with Crippen molar-refractivity contribution in [3.8, 4) is 45.5 Å². The Morgan fingerprint density at radius 3 is 1.68 bits per heavy atom. The molecule has 0 fully saturated rings. The normalized spacial score (nSPS) is 13.2. The predicted octanol–water partition coefficient (Wildman–Crippen LogP) is 11.7. The molecule has 5 heteroatoms. The largest absolute Gasteiger partial charge is 0.307 e. The van der Waals surface area contributed by atoms with Crippen LogP contribution in [0.4, 0.5) is 0 Å². The molecule has 53 heavy (non-hydrogen) atoms. The number of hydrogen-bond donors (Lipinski definition) is 0. The van der Waals surface area contributed by atoms with Gasteiger partial charge >= 0.3 is 0 Å². The molecule has 0 saturated heterocycles. The SMILES string of the molecule is CC1(C)c2ccccc2-c2ccc(-c3nc(-c4ccccc4)nc(-n4c5ccccc5c5ccc6c7ccccc7n(-c7ccccc7)c6c54)n3)cc21. The summed E-state index contributed by atoms with van der Waals surface area (Å²) in [7, 11) is 0. The van der Waals surface area contributed by atoms with Gasteiger partial charge in [-0.2, -0.15) is 9.97 Å². The number of nitrogens with zero attached hydrogens (tertiary/aromatic N) is 5. The van der Waals surface area contributed by atoms with E-state index in [-0.39, 0.29) is 5.41 Å². The molecular formula is C48H33N5. The Bertz CT molecular complexity index is 3080. The molecule has 10 aromatic rings. The van der Waals surface area contributed by atoms with Crippen LogP contribution in [0.1, 0.15) is 25.0 Å². The maximum Gasteiger partial charge on any atom is 0.238 e. The molecule has 0 radical (unpaired) electrons. The molecule has 3 aromatic heterocycles. The third-order valence-corrected chi connectivity index (χ3v) is 11.2. The second-order valence-electron chi connectivity index (χ2n) is 14.5. The zero-order valence-corrected chi connectivity index (χ0v) is 29.3. The van der Waals surface area contributed by atoms with Crippen LogP contribution in [-0.4, -0.2) is 24.1 Å². The van der Waals surface area contributed by atoms with Crippen molar-refractivity contribution in [3.63, 3.8) is 0 Å². The third kappa shape index (κ3) is 4.28. The van der Waals surface area contributed by atoms with Crippen LogP contribution in [0.15, 0.2) is 164 Å². The van der Waals surface area contributed by atoms with Gasteiger partial charge in [-0.05, 0) is 52.6 Å². The van der Waals surface area contributed by atoms with Crippen LogP contribution in [0.5, 0.6) is 0 Å². The van der Waals surface area contributed by atoms with E-state index in [2.05, 4.69) is 169 Å². The van der Waals surface area contributed by atoms with E-state index in [1.807, 2.05) is 18.2 Å². The van der Waals surface area contributed by atoms with Crippen molar-refractivity contribution in [2.45, 2.75) is 19.3 Å². The molecule has 0 bridgehead atoms. The van der Waals surface area contributed by atoms with E-state index in [4.69, 9.17) is 15.0 Å². The van der Waals surface area contributed by atoms with Crippen LogP contribution in [-0.2, 0) is 5.41 Å². The fraction of sp³-hybridized carbons (Fsp3) is 0.0625. The minimum atomic E-state index is -0.149. The van der Waals surface area contributed by atoms with Gasteiger partial charge in [-0.3, -0.25) is 4.57 Å². The number of hydrogen-bond acceptors (Lipinski definition) is 3. The lowest BCUT2D eigenvalue weighted by molar-refractivity contribution is 0.660. The number of aromatic nitrogens is 5. The molecule has 1 aliphatic rings. The first-order valence-electron chi connectivity index (χ1n) is 18.1. The Kier molecular flexibility index (Phi) is 6.23. The molecule has 0 saturated carbocycles. The van der Waals surface area contributed by atoms with E-state index in [1.54, 1.807) is 0 Å². The summed E-state index contributed by atoms with van der Waals surface area (Å²) in [6.45, 7) is 4.62. The molecule has 250 valence electrons. The van der Waals surface area contributed by atoms with E-state index in [0.29, 0.717) is 17.6 Å². The molecule has 0 amide bonds. The number of benzene rings is 7. The highest BCUT2D eigenvalue weighted by Gasteiger charge is 2.35. The fourth-order valence-corrected chi connectivity index (χ4v) is 8.71. The minimum absolute atomic E-state index is 0.149. The van der Waals surface area contributed by atoms with Gasteiger partial charge in [0.1, 0.15) is 0 Å². The topological polar surface area (TPSA) is 48.5 Å². The predicted molar refractivity (Wildman–Crippen MR) is 217 cm³/mol. The highest BCUT2D eigenvalue weighted by molar-refractivity contribution is 6.23. The van der Waals surface area contributed by atoms with E-state index in [0.717, 1.165) is 49.7 Å². The molecule has 0 N–H and O–H groups in total. The smallest absolute Gasteiger partial charge is 0.238 e. The van der Waals surface area contributed by atoms with Gasteiger partial charge < -0.3 is 4.57 Å². The van der Waals surface area contributed by atoms with Crippen molar-refractivity contribution in [3.05, 3.63) is 175 Å². The Balaban J connectivity index is 1.25. The molecule has 0 aliphatic heterocycles. The lowest BCUT2D eigenvalue weighted by Crippen LogP contribution is -2.15. The number of fused-ring (bicyclic) bond motifs is 10. The first kappa shape index (κ1) is 29.8. The Hall–Kier alpha value is -6.85. The molecule has 0 unspecified atom stereocenters. The minimum Gasteiger partial charge on any atom is -0.307 e. The maximum absolute atomic E-state index is 5.39. The molecular weight excluding hydrogens is 647 g/mol. The summed E-state index contributed by atoms with van der Waals surface area (Å²) in [4.78, 5) is 15.9. The van der Waals surface area contributed by atoms with E-state index in [1.165, 1.54) is 33.0 Å². The lowest BCUT2D eigenvalue weighted by atomic mass is 9.82. The fourth-order valence-electron chi connectivity index (χ4n) is 8.71. The summed E-state index contributed by atoms with van der Waals surface area (Å²) in [6, 6.07) is 58.1. The van der Waals surface area contributed by atoms with Gasteiger partial charge in [0.05, 0.1) is 22.1 Å². The van der Waals surface area contributed by atoms with E-state index < -0.39 is 0 Å². The van der Waals surface area contributed by atoms with Crippen LogP contribution in [0.3, 0.4) is 0 Å². The second kappa shape index (κ2) is 11.1. The lowest BCUT2D eigenvalue weighted by Gasteiger charge is -2.21. The number of para-hydroxylation sites is 3. The van der Waals surface area contributed by atoms with Crippen molar-refractivity contribution < 1.29 is 0 Å². The van der Waals surface area contributed by atoms with Crippen LogP contribution >= 0.6 is 0 Å². The van der Waals surface area contributed by atoms with Gasteiger partial charge in [0.2, 0.25) is 5.95 Å². The van der Waals surface area contributed by atoms with Crippen molar-refractivity contribution in [1.29, 1.82) is 0 Å². The average Bonchev–Trinajstić information content (AvgIpc) is 3.82.